The zero-order valence-corrected chi connectivity index (χ0v) is 19.9. The summed E-state index contributed by atoms with van der Waals surface area (Å²) in [5.74, 6) is 0.880. The van der Waals surface area contributed by atoms with Crippen LogP contribution < -0.4 is 26.1 Å². The number of nitrogens with zero attached hydrogens (tertiary/aromatic N) is 1. The Morgan fingerprint density at radius 2 is 1.40 bits per heavy atom. The zero-order valence-electron chi connectivity index (χ0n) is 19.0. The Balaban J connectivity index is 1.29. The second-order valence-corrected chi connectivity index (χ2v) is 11.0. The van der Waals surface area contributed by atoms with Crippen molar-refractivity contribution in [2.45, 2.75) is 6.17 Å². The second-order valence-electron chi connectivity index (χ2n) is 8.78. The molecule has 0 radical (unpaired) electrons. The number of benzene rings is 4. The van der Waals surface area contributed by atoms with E-state index < -0.39 is 7.92 Å². The first-order chi connectivity index (χ1) is 17.3. The fraction of sp³-hybridized carbons (Fsp3) is 0.0323. The summed E-state index contributed by atoms with van der Waals surface area (Å²) in [4.78, 5) is 2.20. The van der Waals surface area contributed by atoms with E-state index in [9.17, 15) is 0 Å². The van der Waals surface area contributed by atoms with Gasteiger partial charge in [0.1, 0.15) is 17.4 Å². The van der Waals surface area contributed by atoms with Crippen molar-refractivity contribution in [3.63, 3.8) is 0 Å². The van der Waals surface area contributed by atoms with E-state index in [4.69, 9.17) is 4.42 Å². The molecule has 4 heteroatoms. The molecule has 7 rings (SSSR count). The molecule has 0 saturated carbocycles. The summed E-state index contributed by atoms with van der Waals surface area (Å²) in [7, 11) is -0.646. The first-order valence-electron chi connectivity index (χ1n) is 11.8. The smallest absolute Gasteiger partial charge is 0.226 e. The molecule has 35 heavy (non-hydrogen) atoms. The van der Waals surface area contributed by atoms with Gasteiger partial charge in [-0.3, -0.25) is 4.90 Å². The van der Waals surface area contributed by atoms with E-state index in [1.165, 1.54) is 27.1 Å². The minimum Gasteiger partial charge on any atom is -0.438 e. The van der Waals surface area contributed by atoms with Crippen LogP contribution in [0, 0.1) is 0 Å². The molecule has 4 aromatic carbocycles. The van der Waals surface area contributed by atoms with Gasteiger partial charge < -0.3 is 9.73 Å². The number of allylic oxidation sites excluding steroid dienone is 2. The Morgan fingerprint density at radius 3 is 2.17 bits per heavy atom. The standard InChI is InChI=1S/C31H23N2OP/c1-3-11-24(12-4-1)35(25-13-5-2-6-14-25)26-15-9-10-22(20-26)23-18-19-29-32-30-27-16-7-8-17-28(27)34-31(30)33(29)21-23/h1-21,29,32H. The highest BCUT2D eigenvalue weighted by atomic mass is 31.1. The minimum atomic E-state index is -0.646. The van der Waals surface area contributed by atoms with Gasteiger partial charge in [-0.25, -0.2) is 0 Å². The molecule has 2 aliphatic heterocycles. The highest BCUT2D eigenvalue weighted by Crippen LogP contribution is 2.45. The fourth-order valence-corrected chi connectivity index (χ4v) is 7.30. The van der Waals surface area contributed by atoms with Crippen LogP contribution in [0.15, 0.2) is 132 Å². The van der Waals surface area contributed by atoms with E-state index in [0.29, 0.717) is 0 Å². The van der Waals surface area contributed by atoms with Crippen molar-refractivity contribution in [1.82, 2.24) is 0 Å². The van der Waals surface area contributed by atoms with Crippen LogP contribution in [0.4, 0.5) is 11.6 Å². The number of furan rings is 1. The maximum Gasteiger partial charge on any atom is 0.226 e. The van der Waals surface area contributed by atoms with E-state index in [1.54, 1.807) is 0 Å². The normalized spacial score (nSPS) is 16.2. The largest absolute Gasteiger partial charge is 0.438 e. The summed E-state index contributed by atoms with van der Waals surface area (Å²) in [6.07, 6.45) is 6.71. The quantitative estimate of drug-likeness (QED) is 0.310. The van der Waals surface area contributed by atoms with Crippen molar-refractivity contribution in [1.29, 1.82) is 0 Å². The average Bonchev–Trinajstić information content (AvgIpc) is 3.46. The number of hydrogen-bond donors (Lipinski definition) is 1. The predicted molar refractivity (Wildman–Crippen MR) is 148 cm³/mol. The molecule has 0 spiro atoms. The maximum atomic E-state index is 6.23. The molecule has 3 nitrogen and oxygen atoms in total. The van der Waals surface area contributed by atoms with Crippen LogP contribution in [0.2, 0.25) is 0 Å². The van der Waals surface area contributed by atoms with E-state index in [1.807, 2.05) is 12.1 Å². The van der Waals surface area contributed by atoms with E-state index in [2.05, 4.69) is 126 Å². The SMILES string of the molecule is C1=CC2Nc3c(oc4ccccc34)N2C=C1c1cccc(P(c2ccccc2)c2ccccc2)c1. The Hall–Kier alpha value is -4.07. The van der Waals surface area contributed by atoms with E-state index in [0.717, 1.165) is 22.5 Å². The van der Waals surface area contributed by atoms with Crippen LogP contribution in [0.1, 0.15) is 5.56 Å². The molecule has 1 atom stereocenters. The third-order valence-corrected chi connectivity index (χ3v) is 9.03. The molecular formula is C31H23N2OP. The number of rotatable bonds is 4. The number of fused-ring (bicyclic) bond motifs is 5. The van der Waals surface area contributed by atoms with Gasteiger partial charge in [-0.1, -0.05) is 97.1 Å². The molecule has 0 fully saturated rings. The highest BCUT2D eigenvalue weighted by Gasteiger charge is 2.33. The molecule has 5 aromatic rings. The van der Waals surface area contributed by atoms with Gasteiger partial charge in [0.05, 0.1) is 0 Å². The lowest BCUT2D eigenvalue weighted by molar-refractivity contribution is 0.608. The van der Waals surface area contributed by atoms with Crippen LogP contribution in [-0.2, 0) is 0 Å². The topological polar surface area (TPSA) is 28.4 Å². The van der Waals surface area contributed by atoms with Gasteiger partial charge in [-0.05, 0) is 59.2 Å². The lowest BCUT2D eigenvalue weighted by Gasteiger charge is -2.25. The molecule has 3 heterocycles. The molecule has 2 aliphatic rings. The Labute approximate surface area is 205 Å². The van der Waals surface area contributed by atoms with Crippen molar-refractivity contribution in [3.05, 3.63) is 133 Å². The molecule has 1 aromatic heterocycles. The lowest BCUT2D eigenvalue weighted by Crippen LogP contribution is -2.31. The number of para-hydroxylation sites is 1. The maximum absolute atomic E-state index is 6.23. The molecule has 0 saturated heterocycles. The second kappa shape index (κ2) is 8.30. The molecule has 0 aliphatic carbocycles. The number of anilines is 2. The van der Waals surface area contributed by atoms with Gasteiger partial charge in [0.15, 0.2) is 0 Å². The Morgan fingerprint density at radius 1 is 0.714 bits per heavy atom. The van der Waals surface area contributed by atoms with Crippen LogP contribution in [0.3, 0.4) is 0 Å². The molecule has 1 N–H and O–H groups in total. The predicted octanol–water partition coefficient (Wildman–Crippen LogP) is 6.36. The van der Waals surface area contributed by atoms with Gasteiger partial charge >= 0.3 is 0 Å². The van der Waals surface area contributed by atoms with Crippen LogP contribution >= 0.6 is 7.92 Å². The summed E-state index contributed by atoms with van der Waals surface area (Å²) in [5.41, 5.74) is 4.36. The molecule has 0 amide bonds. The van der Waals surface area contributed by atoms with Crippen molar-refractivity contribution in [2.75, 3.05) is 10.2 Å². The first-order valence-corrected chi connectivity index (χ1v) is 13.2. The van der Waals surface area contributed by atoms with Gasteiger partial charge in [-0.15, -0.1) is 0 Å². The van der Waals surface area contributed by atoms with Gasteiger partial charge in [0.2, 0.25) is 5.88 Å². The average molecular weight is 471 g/mol. The monoisotopic (exact) mass is 470 g/mol. The fourth-order valence-electron chi connectivity index (χ4n) is 4.96. The highest BCUT2D eigenvalue weighted by molar-refractivity contribution is 7.79. The Kier molecular flexibility index (Phi) is 4.82. The number of nitrogens with one attached hydrogen (secondary N) is 1. The summed E-state index contributed by atoms with van der Waals surface area (Å²) in [6.45, 7) is 0. The van der Waals surface area contributed by atoms with Crippen LogP contribution in [0.25, 0.3) is 16.5 Å². The zero-order chi connectivity index (χ0) is 23.2. The molecule has 0 bridgehead atoms. The van der Waals surface area contributed by atoms with E-state index >= 15 is 0 Å². The summed E-state index contributed by atoms with van der Waals surface area (Å²) in [5, 5.41) is 8.79. The van der Waals surface area contributed by atoms with Gasteiger partial charge in [0, 0.05) is 11.6 Å². The number of hydrogen-bond acceptors (Lipinski definition) is 3. The summed E-state index contributed by atoms with van der Waals surface area (Å²) >= 11 is 0. The van der Waals surface area contributed by atoms with Crippen LogP contribution in [0.5, 0.6) is 0 Å². The van der Waals surface area contributed by atoms with Crippen molar-refractivity contribution < 1.29 is 4.42 Å². The summed E-state index contributed by atoms with van der Waals surface area (Å²) < 4.78 is 6.23. The lowest BCUT2D eigenvalue weighted by atomic mass is 10.0. The van der Waals surface area contributed by atoms with Crippen molar-refractivity contribution in [2.24, 2.45) is 0 Å². The van der Waals surface area contributed by atoms with Gasteiger partial charge in [0.25, 0.3) is 0 Å². The summed E-state index contributed by atoms with van der Waals surface area (Å²) in [6, 6.07) is 38.9. The molecular weight excluding hydrogens is 447 g/mol. The van der Waals surface area contributed by atoms with Crippen LogP contribution in [-0.4, -0.2) is 6.17 Å². The molecule has 168 valence electrons. The molecule has 1 unspecified atom stereocenters. The van der Waals surface area contributed by atoms with E-state index in [-0.39, 0.29) is 6.17 Å². The van der Waals surface area contributed by atoms with Crippen molar-refractivity contribution >= 4 is 51.9 Å². The Bertz CT molecular complexity index is 1550. The third-order valence-electron chi connectivity index (χ3n) is 6.61. The third kappa shape index (κ3) is 3.48. The minimum absolute atomic E-state index is 0.0750. The van der Waals surface area contributed by atoms with Crippen molar-refractivity contribution in [3.8, 4) is 0 Å². The van der Waals surface area contributed by atoms with Gasteiger partial charge in [-0.2, -0.15) is 0 Å². The first kappa shape index (κ1) is 20.3.